The van der Waals surface area contributed by atoms with E-state index >= 15 is 0 Å². The Morgan fingerprint density at radius 2 is 1.94 bits per heavy atom. The topological polar surface area (TPSA) is 72.9 Å². The van der Waals surface area contributed by atoms with E-state index in [2.05, 4.69) is 10.2 Å². The molecule has 0 aliphatic rings. The molecule has 3 aromatic rings. The summed E-state index contributed by atoms with van der Waals surface area (Å²) in [6.07, 6.45) is 3.11. The maximum absolute atomic E-state index is 11.3. The number of carbonyl (C=O) groups is 1. The van der Waals surface area contributed by atoms with Gasteiger partial charge in [-0.25, -0.2) is 4.79 Å². The lowest BCUT2D eigenvalue weighted by molar-refractivity contribution is 0.0685. The van der Waals surface area contributed by atoms with Gasteiger partial charge in [0.1, 0.15) is 25.0 Å². The standard InChI is InChI=1S/C12H10N4O2/c17-12(18)11-5-9-3-1-2-4-10(9)16(11)8-15-6-13-14-7-15/h1-7H,8H2,(H,17,18). The van der Waals surface area contributed by atoms with Crippen molar-refractivity contribution < 1.29 is 9.90 Å². The van der Waals surface area contributed by atoms with Crippen molar-refractivity contribution in [3.8, 4) is 0 Å². The first-order valence-electron chi connectivity index (χ1n) is 5.39. The molecule has 6 heteroatoms. The second-order valence-electron chi connectivity index (χ2n) is 3.94. The summed E-state index contributed by atoms with van der Waals surface area (Å²) in [6, 6.07) is 9.23. The predicted octanol–water partition coefficient (Wildman–Crippen LogP) is 1.44. The van der Waals surface area contributed by atoms with Gasteiger partial charge in [0, 0.05) is 5.39 Å². The van der Waals surface area contributed by atoms with E-state index < -0.39 is 5.97 Å². The van der Waals surface area contributed by atoms with Crippen LogP contribution in [0.4, 0.5) is 0 Å². The number of carboxylic acid groups (broad SMARTS) is 1. The molecule has 0 bridgehead atoms. The summed E-state index contributed by atoms with van der Waals surface area (Å²) >= 11 is 0. The SMILES string of the molecule is O=C(O)c1cc2ccccc2n1Cn1cnnc1. The van der Waals surface area contributed by atoms with Crippen LogP contribution >= 0.6 is 0 Å². The number of carboxylic acids is 1. The van der Waals surface area contributed by atoms with Gasteiger partial charge in [-0.15, -0.1) is 10.2 Å². The molecule has 0 unspecified atom stereocenters. The Morgan fingerprint density at radius 3 is 2.67 bits per heavy atom. The Bertz CT molecular complexity index is 700. The van der Waals surface area contributed by atoms with Gasteiger partial charge in [0.2, 0.25) is 0 Å². The first-order valence-corrected chi connectivity index (χ1v) is 5.39. The van der Waals surface area contributed by atoms with E-state index in [1.165, 1.54) is 0 Å². The van der Waals surface area contributed by atoms with Crippen molar-refractivity contribution in [3.63, 3.8) is 0 Å². The van der Waals surface area contributed by atoms with E-state index in [-0.39, 0.29) is 5.69 Å². The molecule has 0 fully saturated rings. The highest BCUT2D eigenvalue weighted by Crippen LogP contribution is 2.19. The largest absolute Gasteiger partial charge is 0.477 e. The molecule has 6 nitrogen and oxygen atoms in total. The number of aromatic carboxylic acids is 1. The first-order chi connectivity index (χ1) is 8.75. The lowest BCUT2D eigenvalue weighted by Gasteiger charge is -2.08. The monoisotopic (exact) mass is 242 g/mol. The van der Waals surface area contributed by atoms with Crippen molar-refractivity contribution in [1.82, 2.24) is 19.3 Å². The maximum atomic E-state index is 11.3. The zero-order valence-corrected chi connectivity index (χ0v) is 9.39. The van der Waals surface area contributed by atoms with Crippen LogP contribution in [0.1, 0.15) is 10.5 Å². The van der Waals surface area contributed by atoms with E-state index in [1.54, 1.807) is 27.9 Å². The average molecular weight is 242 g/mol. The van der Waals surface area contributed by atoms with Gasteiger partial charge in [-0.2, -0.15) is 0 Å². The Balaban J connectivity index is 2.18. The molecule has 0 amide bonds. The summed E-state index contributed by atoms with van der Waals surface area (Å²) in [5, 5.41) is 17.6. The Hall–Kier alpha value is -2.63. The van der Waals surface area contributed by atoms with E-state index in [0.29, 0.717) is 6.67 Å². The summed E-state index contributed by atoms with van der Waals surface area (Å²) in [4.78, 5) is 11.3. The number of rotatable bonds is 3. The molecular formula is C12H10N4O2. The second kappa shape index (κ2) is 3.99. The number of benzene rings is 1. The van der Waals surface area contributed by atoms with E-state index in [1.807, 2.05) is 24.3 Å². The minimum absolute atomic E-state index is 0.255. The van der Waals surface area contributed by atoms with Crippen LogP contribution in [-0.4, -0.2) is 30.4 Å². The number of para-hydroxylation sites is 1. The van der Waals surface area contributed by atoms with E-state index in [4.69, 9.17) is 0 Å². The van der Waals surface area contributed by atoms with Crippen molar-refractivity contribution in [2.45, 2.75) is 6.67 Å². The molecule has 1 aromatic carbocycles. The molecule has 0 saturated carbocycles. The molecule has 0 atom stereocenters. The van der Waals surface area contributed by atoms with Crippen molar-refractivity contribution >= 4 is 16.9 Å². The molecule has 18 heavy (non-hydrogen) atoms. The van der Waals surface area contributed by atoms with Crippen LogP contribution in [0.15, 0.2) is 43.0 Å². The van der Waals surface area contributed by atoms with Crippen LogP contribution in [0, 0.1) is 0 Å². The predicted molar refractivity (Wildman–Crippen MR) is 64.3 cm³/mol. The third-order valence-corrected chi connectivity index (χ3v) is 2.80. The van der Waals surface area contributed by atoms with Crippen molar-refractivity contribution in [2.75, 3.05) is 0 Å². The first kappa shape index (κ1) is 10.5. The van der Waals surface area contributed by atoms with Gasteiger partial charge >= 0.3 is 5.97 Å². The highest BCUT2D eigenvalue weighted by molar-refractivity contribution is 5.94. The highest BCUT2D eigenvalue weighted by atomic mass is 16.4. The van der Waals surface area contributed by atoms with Gasteiger partial charge in [0.15, 0.2) is 0 Å². The summed E-state index contributed by atoms with van der Waals surface area (Å²) in [6.45, 7) is 0.377. The molecule has 0 aliphatic carbocycles. The smallest absolute Gasteiger partial charge is 0.352 e. The molecular weight excluding hydrogens is 232 g/mol. The molecule has 0 saturated heterocycles. The van der Waals surface area contributed by atoms with Gasteiger partial charge in [-0.05, 0) is 12.1 Å². The van der Waals surface area contributed by atoms with Crippen LogP contribution < -0.4 is 0 Å². The van der Waals surface area contributed by atoms with E-state index in [9.17, 15) is 9.90 Å². The average Bonchev–Trinajstić information content (AvgIpc) is 2.98. The minimum Gasteiger partial charge on any atom is -0.477 e. The van der Waals surface area contributed by atoms with Crippen molar-refractivity contribution in [1.29, 1.82) is 0 Å². The quantitative estimate of drug-likeness (QED) is 0.754. The van der Waals surface area contributed by atoms with Crippen LogP contribution in [0.2, 0.25) is 0 Å². The summed E-state index contributed by atoms with van der Waals surface area (Å²) in [5.41, 5.74) is 1.13. The van der Waals surface area contributed by atoms with Crippen LogP contribution in [0.25, 0.3) is 10.9 Å². The summed E-state index contributed by atoms with van der Waals surface area (Å²) in [5.74, 6) is -0.945. The third kappa shape index (κ3) is 1.64. The number of hydrogen-bond donors (Lipinski definition) is 1. The van der Waals surface area contributed by atoms with Crippen molar-refractivity contribution in [2.24, 2.45) is 0 Å². The van der Waals surface area contributed by atoms with Crippen LogP contribution in [0.3, 0.4) is 0 Å². The van der Waals surface area contributed by atoms with Crippen LogP contribution in [-0.2, 0) is 6.67 Å². The molecule has 0 spiro atoms. The Kier molecular flexibility index (Phi) is 2.33. The molecule has 90 valence electrons. The van der Waals surface area contributed by atoms with Gasteiger partial charge in [-0.1, -0.05) is 18.2 Å². The zero-order valence-electron chi connectivity index (χ0n) is 9.39. The number of fused-ring (bicyclic) bond motifs is 1. The molecule has 3 rings (SSSR count). The fraction of sp³-hybridized carbons (Fsp3) is 0.0833. The Labute approximate surface area is 102 Å². The molecule has 2 heterocycles. The van der Waals surface area contributed by atoms with Crippen LogP contribution in [0.5, 0.6) is 0 Å². The van der Waals surface area contributed by atoms with Gasteiger partial charge in [0.05, 0.1) is 5.52 Å². The lowest BCUT2D eigenvalue weighted by atomic mass is 10.2. The number of aromatic nitrogens is 4. The minimum atomic E-state index is -0.945. The Morgan fingerprint density at radius 1 is 1.22 bits per heavy atom. The number of hydrogen-bond acceptors (Lipinski definition) is 3. The molecule has 0 aliphatic heterocycles. The maximum Gasteiger partial charge on any atom is 0.352 e. The normalized spacial score (nSPS) is 10.9. The fourth-order valence-corrected chi connectivity index (χ4v) is 2.00. The summed E-state index contributed by atoms with van der Waals surface area (Å²) < 4.78 is 3.44. The zero-order chi connectivity index (χ0) is 12.5. The van der Waals surface area contributed by atoms with E-state index in [0.717, 1.165) is 10.9 Å². The van der Waals surface area contributed by atoms with Gasteiger partial charge < -0.3 is 14.2 Å². The fourth-order valence-electron chi connectivity index (χ4n) is 2.00. The molecule has 0 radical (unpaired) electrons. The highest BCUT2D eigenvalue weighted by Gasteiger charge is 2.14. The number of nitrogens with zero attached hydrogens (tertiary/aromatic N) is 4. The van der Waals surface area contributed by atoms with Gasteiger partial charge in [-0.3, -0.25) is 0 Å². The van der Waals surface area contributed by atoms with Gasteiger partial charge in [0.25, 0.3) is 0 Å². The second-order valence-corrected chi connectivity index (χ2v) is 3.94. The molecule has 2 aromatic heterocycles. The third-order valence-electron chi connectivity index (χ3n) is 2.80. The molecule has 1 N–H and O–H groups in total. The summed E-state index contributed by atoms with van der Waals surface area (Å²) in [7, 11) is 0. The van der Waals surface area contributed by atoms with Crippen molar-refractivity contribution in [3.05, 3.63) is 48.7 Å². The lowest BCUT2D eigenvalue weighted by Crippen LogP contribution is -2.12.